The van der Waals surface area contributed by atoms with E-state index in [4.69, 9.17) is 5.11 Å². The van der Waals surface area contributed by atoms with Gasteiger partial charge in [-0.3, -0.25) is 14.4 Å². The van der Waals surface area contributed by atoms with Gasteiger partial charge in [-0.1, -0.05) is 0 Å². The molecule has 1 aliphatic heterocycles. The molecule has 2 rings (SSSR count). The maximum absolute atomic E-state index is 12.5. The number of rotatable bonds is 4. The van der Waals surface area contributed by atoms with Crippen LogP contribution in [-0.2, 0) is 9.59 Å². The normalized spacial score (nSPS) is 18.3. The number of carbonyl (C=O) groups is 3. The summed E-state index contributed by atoms with van der Waals surface area (Å²) in [5.41, 5.74) is 0. The molecule has 0 aliphatic carbocycles. The van der Waals surface area contributed by atoms with Crippen molar-refractivity contribution < 1.29 is 19.5 Å². The molecule has 1 aliphatic rings. The van der Waals surface area contributed by atoms with Crippen LogP contribution < -0.4 is 0 Å². The monoisotopic (exact) mass is 339 g/mol. The van der Waals surface area contributed by atoms with Crippen LogP contribution in [0.2, 0.25) is 0 Å². The first-order valence-corrected chi connectivity index (χ1v) is 8.41. The molecule has 1 saturated heterocycles. The highest BCUT2D eigenvalue weighted by molar-refractivity contribution is 7.13. The summed E-state index contributed by atoms with van der Waals surface area (Å²) < 4.78 is 0. The van der Waals surface area contributed by atoms with Crippen molar-refractivity contribution in [2.45, 2.75) is 39.2 Å². The number of hydrogen-bond acceptors (Lipinski definition) is 5. The van der Waals surface area contributed by atoms with Crippen LogP contribution in [0, 0.1) is 6.92 Å². The number of aromatic nitrogens is 1. The lowest BCUT2D eigenvalue weighted by atomic mass is 10.1. The number of carbonyl (C=O) groups excluding carboxylic acids is 2. The lowest BCUT2D eigenvalue weighted by Crippen LogP contribution is -2.43. The second kappa shape index (κ2) is 7.54. The Morgan fingerprint density at radius 1 is 1.39 bits per heavy atom. The number of carboxylic acids is 1. The predicted octanol–water partition coefficient (Wildman–Crippen LogP) is 1.38. The molecule has 7 nitrogen and oxygen atoms in total. The number of amides is 2. The molecule has 2 heterocycles. The zero-order chi connectivity index (χ0) is 17.0. The van der Waals surface area contributed by atoms with Crippen molar-refractivity contribution >= 4 is 29.1 Å². The fourth-order valence-electron chi connectivity index (χ4n) is 2.85. The highest BCUT2D eigenvalue weighted by Gasteiger charge is 2.28. The molecule has 0 bridgehead atoms. The first-order valence-electron chi connectivity index (χ1n) is 7.59. The fraction of sp³-hybridized carbons (Fsp3) is 0.600. The van der Waals surface area contributed by atoms with Crippen molar-refractivity contribution in [2.75, 3.05) is 19.6 Å². The Kier molecular flexibility index (Phi) is 5.70. The molecule has 0 saturated carbocycles. The Hall–Kier alpha value is -1.96. The maximum atomic E-state index is 12.5. The number of likely N-dealkylation sites (tertiary alicyclic amines) is 1. The van der Waals surface area contributed by atoms with Gasteiger partial charge in [0.25, 0.3) is 5.91 Å². The molecule has 8 heteroatoms. The molecule has 23 heavy (non-hydrogen) atoms. The summed E-state index contributed by atoms with van der Waals surface area (Å²) in [6, 6.07) is -0.135. The lowest BCUT2D eigenvalue weighted by Gasteiger charge is -2.28. The van der Waals surface area contributed by atoms with E-state index in [0.717, 1.165) is 11.4 Å². The Morgan fingerprint density at radius 3 is 2.70 bits per heavy atom. The zero-order valence-electron chi connectivity index (χ0n) is 13.3. The third-order valence-corrected chi connectivity index (χ3v) is 4.87. The van der Waals surface area contributed by atoms with E-state index in [9.17, 15) is 14.4 Å². The summed E-state index contributed by atoms with van der Waals surface area (Å²) in [6.45, 7) is 4.09. The number of carboxylic acid groups (broad SMARTS) is 1. The Bertz CT molecular complexity index is 601. The third-order valence-electron chi connectivity index (χ3n) is 3.97. The highest BCUT2D eigenvalue weighted by atomic mass is 32.1. The number of aliphatic carboxylic acids is 1. The van der Waals surface area contributed by atoms with Crippen LogP contribution in [0.3, 0.4) is 0 Å². The molecule has 1 aromatic heterocycles. The molecule has 0 aromatic carbocycles. The molecule has 126 valence electrons. The van der Waals surface area contributed by atoms with E-state index in [2.05, 4.69) is 4.98 Å². The van der Waals surface area contributed by atoms with Gasteiger partial charge < -0.3 is 14.9 Å². The van der Waals surface area contributed by atoms with Crippen LogP contribution >= 0.6 is 11.3 Å². The number of thiazole rings is 1. The van der Waals surface area contributed by atoms with E-state index in [1.165, 1.54) is 23.2 Å². The highest BCUT2D eigenvalue weighted by Crippen LogP contribution is 2.20. The molecular formula is C15H21N3O4S. The molecule has 1 atom stereocenters. The summed E-state index contributed by atoms with van der Waals surface area (Å²) in [6.07, 6.45) is 3.64. The number of hydrogen-bond donors (Lipinski definition) is 1. The van der Waals surface area contributed by atoms with Crippen LogP contribution in [0.15, 0.2) is 6.20 Å². The second-order valence-electron chi connectivity index (χ2n) is 5.66. The Morgan fingerprint density at radius 2 is 2.13 bits per heavy atom. The van der Waals surface area contributed by atoms with Gasteiger partial charge in [0.15, 0.2) is 0 Å². The molecule has 2 amide bonds. The molecule has 1 aromatic rings. The maximum Gasteiger partial charge on any atom is 0.323 e. The minimum Gasteiger partial charge on any atom is -0.480 e. The van der Waals surface area contributed by atoms with Crippen LogP contribution in [-0.4, -0.2) is 63.4 Å². The summed E-state index contributed by atoms with van der Waals surface area (Å²) in [7, 11) is 0. The first kappa shape index (κ1) is 17.4. The molecule has 1 N–H and O–H groups in total. The van der Waals surface area contributed by atoms with Gasteiger partial charge in [0.05, 0.1) is 11.2 Å². The SMILES string of the molecule is CC(=O)N(CC(=O)O)C1CCCN(C(=O)c2cnc(C)s2)CC1. The van der Waals surface area contributed by atoms with E-state index in [1.54, 1.807) is 11.1 Å². The Labute approximate surface area is 138 Å². The number of nitrogens with zero attached hydrogens (tertiary/aromatic N) is 3. The standard InChI is InChI=1S/C15H21N3O4S/c1-10-16-8-13(23-10)15(22)17-6-3-4-12(5-7-17)18(11(2)19)9-14(20)21/h8,12H,3-7,9H2,1-2H3,(H,20,21). The molecule has 0 radical (unpaired) electrons. The largest absolute Gasteiger partial charge is 0.480 e. The third kappa shape index (κ3) is 4.51. The van der Waals surface area contributed by atoms with E-state index >= 15 is 0 Å². The summed E-state index contributed by atoms with van der Waals surface area (Å²) in [5.74, 6) is -1.29. The van der Waals surface area contributed by atoms with Gasteiger partial charge in [0, 0.05) is 26.1 Å². The molecule has 1 unspecified atom stereocenters. The molecule has 0 spiro atoms. The molecule has 1 fully saturated rings. The minimum atomic E-state index is -1.02. The Balaban J connectivity index is 2.02. The average molecular weight is 339 g/mol. The number of aryl methyl sites for hydroxylation is 1. The van der Waals surface area contributed by atoms with Gasteiger partial charge in [0.2, 0.25) is 5.91 Å². The van der Waals surface area contributed by atoms with Gasteiger partial charge >= 0.3 is 5.97 Å². The predicted molar refractivity (Wildman–Crippen MR) is 85.4 cm³/mol. The van der Waals surface area contributed by atoms with Crippen LogP contribution in [0.25, 0.3) is 0 Å². The topological polar surface area (TPSA) is 90.8 Å². The van der Waals surface area contributed by atoms with Gasteiger partial charge in [-0.2, -0.15) is 0 Å². The fourth-order valence-corrected chi connectivity index (χ4v) is 3.60. The zero-order valence-corrected chi connectivity index (χ0v) is 14.1. The summed E-state index contributed by atoms with van der Waals surface area (Å²) >= 11 is 1.37. The van der Waals surface area contributed by atoms with E-state index < -0.39 is 5.97 Å². The minimum absolute atomic E-state index is 0.0381. The summed E-state index contributed by atoms with van der Waals surface area (Å²) in [5, 5.41) is 9.81. The van der Waals surface area contributed by atoms with Crippen molar-refractivity contribution in [1.29, 1.82) is 0 Å². The van der Waals surface area contributed by atoms with Crippen molar-refractivity contribution in [3.63, 3.8) is 0 Å². The smallest absolute Gasteiger partial charge is 0.323 e. The second-order valence-corrected chi connectivity index (χ2v) is 6.90. The van der Waals surface area contributed by atoms with Crippen LogP contribution in [0.5, 0.6) is 0 Å². The van der Waals surface area contributed by atoms with Crippen molar-refractivity contribution in [1.82, 2.24) is 14.8 Å². The van der Waals surface area contributed by atoms with E-state index in [-0.39, 0.29) is 24.4 Å². The van der Waals surface area contributed by atoms with Gasteiger partial charge in [-0.15, -0.1) is 11.3 Å². The average Bonchev–Trinajstić information content (AvgIpc) is 2.78. The van der Waals surface area contributed by atoms with Gasteiger partial charge in [-0.25, -0.2) is 4.98 Å². The van der Waals surface area contributed by atoms with Crippen LogP contribution in [0.4, 0.5) is 0 Å². The van der Waals surface area contributed by atoms with Gasteiger partial charge in [0.1, 0.15) is 11.4 Å². The van der Waals surface area contributed by atoms with Crippen LogP contribution in [0.1, 0.15) is 40.9 Å². The quantitative estimate of drug-likeness (QED) is 0.895. The lowest BCUT2D eigenvalue weighted by molar-refractivity contribution is -0.145. The van der Waals surface area contributed by atoms with Gasteiger partial charge in [-0.05, 0) is 26.2 Å². The van der Waals surface area contributed by atoms with Crippen molar-refractivity contribution in [2.24, 2.45) is 0 Å². The first-order chi connectivity index (χ1) is 10.9. The molecular weight excluding hydrogens is 318 g/mol. The summed E-state index contributed by atoms with van der Waals surface area (Å²) in [4.78, 5) is 43.0. The van der Waals surface area contributed by atoms with Crippen molar-refractivity contribution in [3.05, 3.63) is 16.1 Å². The van der Waals surface area contributed by atoms with E-state index in [1.807, 2.05) is 6.92 Å². The van der Waals surface area contributed by atoms with E-state index in [0.29, 0.717) is 30.8 Å². The van der Waals surface area contributed by atoms with Crippen molar-refractivity contribution in [3.8, 4) is 0 Å².